The van der Waals surface area contributed by atoms with Gasteiger partial charge in [-0.1, -0.05) is 30.4 Å². The lowest BCUT2D eigenvalue weighted by Gasteiger charge is -2.03. The molecule has 2 rings (SSSR count). The van der Waals surface area contributed by atoms with Gasteiger partial charge in [0.1, 0.15) is 4.90 Å². The first-order valence-corrected chi connectivity index (χ1v) is 9.17. The molecule has 3 nitrogen and oxygen atoms in total. The quantitative estimate of drug-likeness (QED) is 0.379. The third-order valence-electron chi connectivity index (χ3n) is 2.58. The van der Waals surface area contributed by atoms with Crippen molar-refractivity contribution in [3.8, 4) is 0 Å². The molecule has 104 valence electrons. The van der Waals surface area contributed by atoms with Crippen molar-refractivity contribution in [1.82, 2.24) is 0 Å². The Morgan fingerprint density at radius 3 is 2.10 bits per heavy atom. The number of rotatable bonds is 3. The number of hydrogen-bond donors (Lipinski definition) is 1. The lowest BCUT2D eigenvalue weighted by molar-refractivity contribution is 0.483. The maximum Gasteiger partial charge on any atom is 0.295 e. The SMILES string of the molecule is O=S(=O)(O)c1cc(I)ccc1/C=C/c1ccc(I)cc1. The molecule has 0 radical (unpaired) electrons. The van der Waals surface area contributed by atoms with Crippen LogP contribution in [0.15, 0.2) is 47.4 Å². The molecule has 0 aliphatic carbocycles. The molecule has 0 saturated heterocycles. The number of hydrogen-bond acceptors (Lipinski definition) is 2. The molecule has 0 fully saturated rings. The topological polar surface area (TPSA) is 54.4 Å². The first-order chi connectivity index (χ1) is 9.36. The van der Waals surface area contributed by atoms with Crippen LogP contribution < -0.4 is 0 Å². The molecule has 0 saturated carbocycles. The molecule has 2 aromatic rings. The summed E-state index contributed by atoms with van der Waals surface area (Å²) in [5.41, 5.74) is 1.43. The monoisotopic (exact) mass is 512 g/mol. The Morgan fingerprint density at radius 1 is 0.900 bits per heavy atom. The van der Waals surface area contributed by atoms with Crippen molar-refractivity contribution < 1.29 is 13.0 Å². The molecule has 0 aliphatic rings. The average molecular weight is 512 g/mol. The highest BCUT2D eigenvalue weighted by molar-refractivity contribution is 14.1. The Bertz CT molecular complexity index is 750. The molecular formula is C14H10I2O3S. The molecule has 20 heavy (non-hydrogen) atoms. The van der Waals surface area contributed by atoms with Gasteiger partial charge >= 0.3 is 0 Å². The summed E-state index contributed by atoms with van der Waals surface area (Å²) >= 11 is 4.22. The van der Waals surface area contributed by atoms with Gasteiger partial charge in [-0.2, -0.15) is 8.42 Å². The van der Waals surface area contributed by atoms with E-state index < -0.39 is 10.1 Å². The van der Waals surface area contributed by atoms with Gasteiger partial charge in [0.15, 0.2) is 0 Å². The fraction of sp³-hybridized carbons (Fsp3) is 0. The molecule has 0 aromatic heterocycles. The summed E-state index contributed by atoms with van der Waals surface area (Å²) in [7, 11) is -4.22. The highest BCUT2D eigenvalue weighted by atomic mass is 127. The van der Waals surface area contributed by atoms with Crippen LogP contribution in [0.5, 0.6) is 0 Å². The summed E-state index contributed by atoms with van der Waals surface area (Å²) in [5, 5.41) is 0. The molecule has 2 aromatic carbocycles. The first-order valence-electron chi connectivity index (χ1n) is 5.57. The third kappa shape index (κ3) is 4.27. The summed E-state index contributed by atoms with van der Waals surface area (Å²) in [6.45, 7) is 0. The van der Waals surface area contributed by atoms with Gasteiger partial charge in [-0.15, -0.1) is 0 Å². The van der Waals surface area contributed by atoms with E-state index in [0.29, 0.717) is 5.56 Å². The Labute approximate surface area is 145 Å². The maximum atomic E-state index is 11.4. The van der Waals surface area contributed by atoms with Gasteiger partial charge in [-0.05, 0) is 80.6 Å². The van der Waals surface area contributed by atoms with Crippen molar-refractivity contribution in [3.05, 3.63) is 60.7 Å². The zero-order valence-electron chi connectivity index (χ0n) is 10.1. The van der Waals surface area contributed by atoms with Crippen LogP contribution in [0.2, 0.25) is 0 Å². The van der Waals surface area contributed by atoms with Gasteiger partial charge in [0.25, 0.3) is 10.1 Å². The molecule has 0 bridgehead atoms. The van der Waals surface area contributed by atoms with Crippen LogP contribution in [0.25, 0.3) is 12.2 Å². The van der Waals surface area contributed by atoms with Crippen molar-refractivity contribution in [2.45, 2.75) is 4.90 Å². The largest absolute Gasteiger partial charge is 0.295 e. The van der Waals surface area contributed by atoms with Crippen molar-refractivity contribution in [3.63, 3.8) is 0 Å². The van der Waals surface area contributed by atoms with Gasteiger partial charge in [0, 0.05) is 7.14 Å². The number of halogens is 2. The predicted molar refractivity (Wildman–Crippen MR) is 97.1 cm³/mol. The Balaban J connectivity index is 2.41. The van der Waals surface area contributed by atoms with E-state index in [1.807, 2.05) is 52.9 Å². The van der Waals surface area contributed by atoms with E-state index in [0.717, 1.165) is 12.7 Å². The maximum absolute atomic E-state index is 11.4. The van der Waals surface area contributed by atoms with E-state index in [1.165, 1.54) is 6.07 Å². The summed E-state index contributed by atoms with van der Waals surface area (Å²) < 4.78 is 33.9. The minimum Gasteiger partial charge on any atom is -0.282 e. The van der Waals surface area contributed by atoms with Crippen LogP contribution >= 0.6 is 45.2 Å². The molecule has 0 unspecified atom stereocenters. The lowest BCUT2D eigenvalue weighted by Crippen LogP contribution is -2.01. The fourth-order valence-electron chi connectivity index (χ4n) is 1.63. The summed E-state index contributed by atoms with van der Waals surface area (Å²) in [4.78, 5) is -0.0776. The van der Waals surface area contributed by atoms with Crippen molar-refractivity contribution in [1.29, 1.82) is 0 Å². The van der Waals surface area contributed by atoms with Gasteiger partial charge in [-0.3, -0.25) is 4.55 Å². The van der Waals surface area contributed by atoms with Gasteiger partial charge < -0.3 is 0 Å². The Hall–Kier alpha value is -0.450. The van der Waals surface area contributed by atoms with Crippen molar-refractivity contribution >= 4 is 67.5 Å². The fourth-order valence-corrected chi connectivity index (χ4v) is 3.40. The Kier molecular flexibility index (Phi) is 5.21. The minimum absolute atomic E-state index is 0.0776. The summed E-state index contributed by atoms with van der Waals surface area (Å²) in [6.07, 6.45) is 3.49. The predicted octanol–water partition coefficient (Wildman–Crippen LogP) is 4.31. The third-order valence-corrected chi connectivity index (χ3v) is 4.88. The molecule has 6 heteroatoms. The molecular weight excluding hydrogens is 502 g/mol. The van der Waals surface area contributed by atoms with E-state index in [9.17, 15) is 13.0 Å². The van der Waals surface area contributed by atoms with Crippen LogP contribution in [-0.4, -0.2) is 13.0 Å². The second-order valence-electron chi connectivity index (χ2n) is 4.04. The van der Waals surface area contributed by atoms with Crippen molar-refractivity contribution in [2.24, 2.45) is 0 Å². The zero-order chi connectivity index (χ0) is 14.8. The normalized spacial score (nSPS) is 11.9. The van der Waals surface area contributed by atoms with Crippen LogP contribution in [-0.2, 0) is 10.1 Å². The first kappa shape index (κ1) is 15.9. The molecule has 0 atom stereocenters. The van der Waals surface area contributed by atoms with Crippen LogP contribution in [0.3, 0.4) is 0 Å². The second-order valence-corrected chi connectivity index (χ2v) is 7.92. The highest BCUT2D eigenvalue weighted by Crippen LogP contribution is 2.21. The van der Waals surface area contributed by atoms with Crippen LogP contribution in [0, 0.1) is 7.14 Å². The highest BCUT2D eigenvalue weighted by Gasteiger charge is 2.14. The smallest absolute Gasteiger partial charge is 0.282 e. The zero-order valence-corrected chi connectivity index (χ0v) is 15.3. The van der Waals surface area contributed by atoms with E-state index in [1.54, 1.807) is 18.2 Å². The molecule has 0 amide bonds. The van der Waals surface area contributed by atoms with E-state index >= 15 is 0 Å². The van der Waals surface area contributed by atoms with Crippen LogP contribution in [0.4, 0.5) is 0 Å². The molecule has 0 heterocycles. The summed E-state index contributed by atoms with van der Waals surface area (Å²) in [6, 6.07) is 12.7. The van der Waals surface area contributed by atoms with Crippen LogP contribution in [0.1, 0.15) is 11.1 Å². The van der Waals surface area contributed by atoms with E-state index in [4.69, 9.17) is 0 Å². The molecule has 0 aliphatic heterocycles. The lowest BCUT2D eigenvalue weighted by atomic mass is 10.1. The number of benzene rings is 2. The minimum atomic E-state index is -4.22. The molecule has 1 N–H and O–H groups in total. The standard InChI is InChI=1S/C14H10I2O3S/c15-12-6-2-10(3-7-12)1-4-11-5-8-13(16)9-14(11)20(17,18)19/h1-9H,(H,17,18,19)/b4-1+. The second kappa shape index (κ2) is 6.54. The van der Waals surface area contributed by atoms with E-state index in [-0.39, 0.29) is 4.90 Å². The summed E-state index contributed by atoms with van der Waals surface area (Å²) in [5.74, 6) is 0. The van der Waals surface area contributed by atoms with Crippen molar-refractivity contribution in [2.75, 3.05) is 0 Å². The van der Waals surface area contributed by atoms with Gasteiger partial charge in [0.2, 0.25) is 0 Å². The average Bonchev–Trinajstić information content (AvgIpc) is 2.38. The van der Waals surface area contributed by atoms with Gasteiger partial charge in [0.05, 0.1) is 0 Å². The Morgan fingerprint density at radius 2 is 1.50 bits per heavy atom. The van der Waals surface area contributed by atoms with Gasteiger partial charge in [-0.25, -0.2) is 0 Å². The van der Waals surface area contributed by atoms with E-state index in [2.05, 4.69) is 22.6 Å². The molecule has 0 spiro atoms.